The van der Waals surface area contributed by atoms with Crippen LogP contribution in [0.4, 0.5) is 5.69 Å². The van der Waals surface area contributed by atoms with E-state index >= 15 is 0 Å². The van der Waals surface area contributed by atoms with E-state index in [2.05, 4.69) is 9.98 Å². The molecule has 0 amide bonds. The lowest BCUT2D eigenvalue weighted by Crippen LogP contribution is -2.08. The summed E-state index contributed by atoms with van der Waals surface area (Å²) in [7, 11) is 3.95. The van der Waals surface area contributed by atoms with Gasteiger partial charge in [0, 0.05) is 26.0 Å². The van der Waals surface area contributed by atoms with Gasteiger partial charge in [-0.3, -0.25) is 4.98 Å². The number of nitrogens with zero attached hydrogens (tertiary/aromatic N) is 3. The number of esters is 1. The molecule has 1 aliphatic heterocycles. The summed E-state index contributed by atoms with van der Waals surface area (Å²) < 4.78 is 5.17. The minimum atomic E-state index is -0.461. The van der Waals surface area contributed by atoms with Crippen LogP contribution in [-0.2, 0) is 9.53 Å². The number of cyclic esters (lactones) is 1. The molecule has 2 aromatic rings. The first-order valence-electron chi connectivity index (χ1n) is 6.85. The van der Waals surface area contributed by atoms with Crippen LogP contribution in [0.2, 0.25) is 0 Å². The Morgan fingerprint density at radius 3 is 2.50 bits per heavy atom. The number of carbonyl (C=O) groups is 1. The average Bonchev–Trinajstić information content (AvgIpc) is 2.90. The number of hydrogen-bond donors (Lipinski definition) is 0. The highest BCUT2D eigenvalue weighted by molar-refractivity contribution is 6.12. The molecule has 0 saturated carbocycles. The molecule has 0 N–H and O–H groups in total. The van der Waals surface area contributed by atoms with Gasteiger partial charge in [0.2, 0.25) is 5.90 Å². The predicted octanol–water partition coefficient (Wildman–Crippen LogP) is 2.49. The Balaban J connectivity index is 1.87. The number of carbonyl (C=O) groups excluding carboxylic acids is 1. The molecule has 0 spiro atoms. The maximum Gasteiger partial charge on any atom is 0.363 e. The number of aliphatic imine (C=N–C) groups is 1. The first kappa shape index (κ1) is 14.0. The van der Waals surface area contributed by atoms with Crippen molar-refractivity contribution in [1.82, 2.24) is 4.98 Å². The summed E-state index contributed by atoms with van der Waals surface area (Å²) in [6, 6.07) is 13.2. The van der Waals surface area contributed by atoms with Gasteiger partial charge in [-0.05, 0) is 35.9 Å². The van der Waals surface area contributed by atoms with Crippen LogP contribution in [0.25, 0.3) is 6.08 Å². The largest absolute Gasteiger partial charge is 0.400 e. The number of pyridine rings is 1. The van der Waals surface area contributed by atoms with Crippen molar-refractivity contribution < 1.29 is 9.53 Å². The van der Waals surface area contributed by atoms with Crippen molar-refractivity contribution >= 4 is 23.6 Å². The van der Waals surface area contributed by atoms with Gasteiger partial charge >= 0.3 is 5.97 Å². The molecular weight excluding hydrogens is 278 g/mol. The number of rotatable bonds is 3. The van der Waals surface area contributed by atoms with Gasteiger partial charge in [-0.1, -0.05) is 18.2 Å². The standard InChI is InChI=1S/C17H15N3O2/c1-20(2)13-8-6-12(7-9-13)11-15-17(21)22-16(19-15)14-5-3-4-10-18-14/h3-11H,1-2H3/b15-11+. The molecule has 5 nitrogen and oxygen atoms in total. The van der Waals surface area contributed by atoms with E-state index in [0.717, 1.165) is 11.3 Å². The predicted molar refractivity (Wildman–Crippen MR) is 85.6 cm³/mol. The first-order chi connectivity index (χ1) is 10.6. The number of anilines is 1. The number of benzene rings is 1. The summed E-state index contributed by atoms with van der Waals surface area (Å²) in [6.07, 6.45) is 3.34. The second kappa shape index (κ2) is 5.81. The molecular formula is C17H15N3O2. The summed E-state index contributed by atoms with van der Waals surface area (Å²) in [6.45, 7) is 0. The normalized spacial score (nSPS) is 15.6. The molecule has 0 saturated heterocycles. The van der Waals surface area contributed by atoms with Crippen molar-refractivity contribution in [2.75, 3.05) is 19.0 Å². The fourth-order valence-corrected chi connectivity index (χ4v) is 2.03. The number of ether oxygens (including phenoxy) is 1. The molecule has 0 bridgehead atoms. The van der Waals surface area contributed by atoms with Crippen LogP contribution in [0.3, 0.4) is 0 Å². The number of aromatic nitrogens is 1. The van der Waals surface area contributed by atoms with Crippen LogP contribution in [-0.4, -0.2) is 30.9 Å². The highest BCUT2D eigenvalue weighted by Gasteiger charge is 2.24. The molecule has 0 aliphatic carbocycles. The summed E-state index contributed by atoms with van der Waals surface area (Å²) in [4.78, 5) is 22.3. The summed E-state index contributed by atoms with van der Waals surface area (Å²) >= 11 is 0. The molecule has 0 radical (unpaired) electrons. The maximum atomic E-state index is 11.9. The Hall–Kier alpha value is -2.95. The molecule has 110 valence electrons. The Morgan fingerprint density at radius 2 is 1.86 bits per heavy atom. The van der Waals surface area contributed by atoms with Crippen LogP contribution in [0.5, 0.6) is 0 Å². The van der Waals surface area contributed by atoms with E-state index in [-0.39, 0.29) is 11.6 Å². The SMILES string of the molecule is CN(C)c1ccc(/C=C2/N=C(c3ccccn3)OC2=O)cc1. The maximum absolute atomic E-state index is 11.9. The molecule has 22 heavy (non-hydrogen) atoms. The summed E-state index contributed by atoms with van der Waals surface area (Å²) in [5, 5.41) is 0. The van der Waals surface area contributed by atoms with E-state index in [1.807, 2.05) is 49.3 Å². The van der Waals surface area contributed by atoms with E-state index in [4.69, 9.17) is 4.74 Å². The Morgan fingerprint density at radius 1 is 1.09 bits per heavy atom. The summed E-state index contributed by atoms with van der Waals surface area (Å²) in [5.41, 5.74) is 2.80. The van der Waals surface area contributed by atoms with Crippen molar-refractivity contribution in [2.45, 2.75) is 0 Å². The molecule has 5 heteroatoms. The van der Waals surface area contributed by atoms with Crippen molar-refractivity contribution in [3.8, 4) is 0 Å². The highest BCUT2D eigenvalue weighted by Crippen LogP contribution is 2.19. The second-order valence-electron chi connectivity index (χ2n) is 5.04. The lowest BCUT2D eigenvalue weighted by atomic mass is 10.1. The minimum absolute atomic E-state index is 0.238. The molecule has 1 aromatic heterocycles. The Kier molecular flexibility index (Phi) is 3.70. The quantitative estimate of drug-likeness (QED) is 0.644. The average molecular weight is 293 g/mol. The fraction of sp³-hybridized carbons (Fsp3) is 0.118. The van der Waals surface area contributed by atoms with Gasteiger partial charge in [-0.2, -0.15) is 0 Å². The van der Waals surface area contributed by atoms with Crippen molar-refractivity contribution in [3.05, 3.63) is 65.6 Å². The third-order valence-corrected chi connectivity index (χ3v) is 3.22. The molecule has 0 atom stereocenters. The zero-order valence-electron chi connectivity index (χ0n) is 12.4. The zero-order chi connectivity index (χ0) is 15.5. The van der Waals surface area contributed by atoms with Crippen LogP contribution in [0.15, 0.2) is 59.4 Å². The lowest BCUT2D eigenvalue weighted by Gasteiger charge is -2.11. The molecule has 2 heterocycles. The second-order valence-corrected chi connectivity index (χ2v) is 5.04. The monoisotopic (exact) mass is 293 g/mol. The van der Waals surface area contributed by atoms with Crippen molar-refractivity contribution in [2.24, 2.45) is 4.99 Å². The first-order valence-corrected chi connectivity index (χ1v) is 6.85. The lowest BCUT2D eigenvalue weighted by molar-refractivity contribution is -0.129. The van der Waals surface area contributed by atoms with Gasteiger partial charge in [-0.15, -0.1) is 0 Å². The third kappa shape index (κ3) is 2.88. The molecule has 3 rings (SSSR count). The van der Waals surface area contributed by atoms with Gasteiger partial charge in [0.05, 0.1) is 0 Å². The Bertz CT molecular complexity index is 747. The van der Waals surface area contributed by atoms with Crippen LogP contribution >= 0.6 is 0 Å². The Labute approximate surface area is 128 Å². The van der Waals surface area contributed by atoms with Crippen molar-refractivity contribution in [3.63, 3.8) is 0 Å². The van der Waals surface area contributed by atoms with E-state index < -0.39 is 5.97 Å². The van der Waals surface area contributed by atoms with Gasteiger partial charge in [0.15, 0.2) is 5.70 Å². The van der Waals surface area contributed by atoms with Gasteiger partial charge < -0.3 is 9.64 Å². The van der Waals surface area contributed by atoms with Gasteiger partial charge in [0.25, 0.3) is 0 Å². The molecule has 0 unspecified atom stereocenters. The van der Waals surface area contributed by atoms with Crippen molar-refractivity contribution in [1.29, 1.82) is 0 Å². The van der Waals surface area contributed by atoms with E-state index in [1.54, 1.807) is 24.4 Å². The number of hydrogen-bond acceptors (Lipinski definition) is 5. The zero-order valence-corrected chi connectivity index (χ0v) is 12.4. The smallest absolute Gasteiger partial charge is 0.363 e. The van der Waals surface area contributed by atoms with E-state index in [1.165, 1.54) is 0 Å². The fourth-order valence-electron chi connectivity index (χ4n) is 2.03. The van der Waals surface area contributed by atoms with E-state index in [9.17, 15) is 4.79 Å². The van der Waals surface area contributed by atoms with Gasteiger partial charge in [0.1, 0.15) is 5.69 Å². The highest BCUT2D eigenvalue weighted by atomic mass is 16.6. The van der Waals surface area contributed by atoms with Crippen LogP contribution < -0.4 is 4.90 Å². The molecule has 0 fully saturated rings. The van der Waals surface area contributed by atoms with E-state index in [0.29, 0.717) is 5.69 Å². The minimum Gasteiger partial charge on any atom is -0.400 e. The van der Waals surface area contributed by atoms with Crippen LogP contribution in [0, 0.1) is 0 Å². The van der Waals surface area contributed by atoms with Crippen LogP contribution in [0.1, 0.15) is 11.3 Å². The third-order valence-electron chi connectivity index (χ3n) is 3.22. The topological polar surface area (TPSA) is 54.8 Å². The molecule has 1 aliphatic rings. The molecule has 1 aromatic carbocycles. The summed E-state index contributed by atoms with van der Waals surface area (Å²) in [5.74, 6) is -0.223. The van der Waals surface area contributed by atoms with Gasteiger partial charge in [-0.25, -0.2) is 9.79 Å².